The summed E-state index contributed by atoms with van der Waals surface area (Å²) in [5, 5.41) is 14.0. The summed E-state index contributed by atoms with van der Waals surface area (Å²) in [6.07, 6.45) is 1.78. The number of aromatic nitrogens is 1. The van der Waals surface area contributed by atoms with Crippen molar-refractivity contribution in [3.63, 3.8) is 0 Å². The molecule has 0 bridgehead atoms. The van der Waals surface area contributed by atoms with Crippen molar-refractivity contribution in [3.05, 3.63) is 114 Å². The Bertz CT molecular complexity index is 970. The van der Waals surface area contributed by atoms with Crippen molar-refractivity contribution in [1.82, 2.24) is 4.98 Å². The summed E-state index contributed by atoms with van der Waals surface area (Å²) in [4.78, 5) is 4.55. The van der Waals surface area contributed by atoms with Crippen LogP contribution in [0.15, 0.2) is 97.2 Å². The highest BCUT2D eigenvalue weighted by molar-refractivity contribution is 5.83. The summed E-state index contributed by atoms with van der Waals surface area (Å²) >= 11 is 0. The van der Waals surface area contributed by atoms with Crippen molar-refractivity contribution < 1.29 is 5.11 Å². The maximum atomic E-state index is 11.7. The Labute approximate surface area is 153 Å². The second-order valence-electron chi connectivity index (χ2n) is 6.81. The first-order valence-electron chi connectivity index (χ1n) is 8.84. The van der Waals surface area contributed by atoms with E-state index in [-0.39, 0.29) is 5.92 Å². The predicted molar refractivity (Wildman–Crippen MR) is 106 cm³/mol. The molecule has 0 amide bonds. The van der Waals surface area contributed by atoms with Crippen LogP contribution in [0.25, 0.3) is 10.8 Å². The lowest BCUT2D eigenvalue weighted by Crippen LogP contribution is -2.31. The van der Waals surface area contributed by atoms with E-state index >= 15 is 0 Å². The Morgan fingerprint density at radius 1 is 0.769 bits per heavy atom. The van der Waals surface area contributed by atoms with Crippen LogP contribution < -0.4 is 0 Å². The minimum absolute atomic E-state index is 0.258. The molecule has 128 valence electrons. The highest BCUT2D eigenvalue weighted by Crippen LogP contribution is 2.41. The molecule has 2 heteroatoms. The van der Waals surface area contributed by atoms with Crippen LogP contribution in [0.1, 0.15) is 29.7 Å². The molecular formula is C24H21NO. The molecule has 0 aliphatic carbocycles. The first-order chi connectivity index (χ1) is 12.7. The third-order valence-corrected chi connectivity index (χ3v) is 5.01. The van der Waals surface area contributed by atoms with Crippen molar-refractivity contribution in [2.24, 2.45) is 0 Å². The maximum Gasteiger partial charge on any atom is 0.0992 e. The Morgan fingerprint density at radius 2 is 1.46 bits per heavy atom. The topological polar surface area (TPSA) is 33.1 Å². The molecule has 0 radical (unpaired) electrons. The van der Waals surface area contributed by atoms with Crippen molar-refractivity contribution >= 4 is 10.8 Å². The van der Waals surface area contributed by atoms with Gasteiger partial charge in [-0.05, 0) is 47.0 Å². The van der Waals surface area contributed by atoms with E-state index in [1.807, 2.05) is 61.5 Å². The molecule has 0 spiro atoms. The van der Waals surface area contributed by atoms with Gasteiger partial charge in [0.1, 0.15) is 0 Å². The minimum Gasteiger partial charge on any atom is -0.384 e. The van der Waals surface area contributed by atoms with Crippen LogP contribution in [0.5, 0.6) is 0 Å². The lowest BCUT2D eigenvalue weighted by molar-refractivity contribution is 0.0382. The number of fused-ring (bicyclic) bond motifs is 1. The molecule has 2 nitrogen and oxygen atoms in total. The zero-order chi connectivity index (χ0) is 18.0. The number of aliphatic hydroxyl groups is 1. The summed E-state index contributed by atoms with van der Waals surface area (Å²) < 4.78 is 0. The van der Waals surface area contributed by atoms with E-state index in [9.17, 15) is 5.11 Å². The molecule has 0 saturated heterocycles. The van der Waals surface area contributed by atoms with Crippen LogP contribution in [-0.4, -0.2) is 10.1 Å². The van der Waals surface area contributed by atoms with Crippen LogP contribution in [0.2, 0.25) is 0 Å². The second kappa shape index (κ2) is 6.74. The molecule has 2 atom stereocenters. The zero-order valence-corrected chi connectivity index (χ0v) is 14.7. The lowest BCUT2D eigenvalue weighted by atomic mass is 9.76. The van der Waals surface area contributed by atoms with Crippen LogP contribution in [0.3, 0.4) is 0 Å². The summed E-state index contributed by atoms with van der Waals surface area (Å²) in [5.41, 5.74) is 1.69. The number of benzene rings is 3. The molecule has 26 heavy (non-hydrogen) atoms. The highest BCUT2D eigenvalue weighted by Gasteiger charge is 2.37. The van der Waals surface area contributed by atoms with Crippen LogP contribution in [-0.2, 0) is 5.60 Å². The fourth-order valence-corrected chi connectivity index (χ4v) is 3.65. The van der Waals surface area contributed by atoms with Gasteiger partial charge in [-0.15, -0.1) is 0 Å². The predicted octanol–water partition coefficient (Wildman–Crippen LogP) is 5.27. The maximum absolute atomic E-state index is 11.7. The molecule has 1 N–H and O–H groups in total. The Kier molecular flexibility index (Phi) is 4.27. The smallest absolute Gasteiger partial charge is 0.0992 e. The SMILES string of the molecule is C[C@](O)(c1ccc2ccccc2c1)[C@H](c1ccccc1)c1ccccn1. The molecule has 0 aliphatic heterocycles. The third kappa shape index (κ3) is 3.00. The van der Waals surface area contributed by atoms with Crippen molar-refractivity contribution in [3.8, 4) is 0 Å². The molecule has 1 aromatic heterocycles. The van der Waals surface area contributed by atoms with Gasteiger partial charge in [0.05, 0.1) is 17.2 Å². The van der Waals surface area contributed by atoms with Gasteiger partial charge in [-0.25, -0.2) is 0 Å². The van der Waals surface area contributed by atoms with Gasteiger partial charge in [0.25, 0.3) is 0 Å². The van der Waals surface area contributed by atoms with E-state index < -0.39 is 5.60 Å². The fourth-order valence-electron chi connectivity index (χ4n) is 3.65. The molecule has 1 heterocycles. The Morgan fingerprint density at radius 3 is 2.19 bits per heavy atom. The summed E-state index contributed by atoms with van der Waals surface area (Å²) in [6, 6.07) is 30.3. The van der Waals surface area contributed by atoms with Gasteiger partial charge in [0.2, 0.25) is 0 Å². The van der Waals surface area contributed by atoms with Crippen LogP contribution >= 0.6 is 0 Å². The number of rotatable bonds is 4. The first kappa shape index (κ1) is 16.5. The van der Waals surface area contributed by atoms with Gasteiger partial charge < -0.3 is 5.11 Å². The third-order valence-electron chi connectivity index (χ3n) is 5.01. The van der Waals surface area contributed by atoms with E-state index in [2.05, 4.69) is 41.4 Å². The fraction of sp³-hybridized carbons (Fsp3) is 0.125. The second-order valence-corrected chi connectivity index (χ2v) is 6.81. The monoisotopic (exact) mass is 339 g/mol. The molecule has 0 unspecified atom stereocenters. The number of nitrogens with zero attached hydrogens (tertiary/aromatic N) is 1. The van der Waals surface area contributed by atoms with Gasteiger partial charge in [-0.1, -0.05) is 72.8 Å². The molecule has 0 fully saturated rings. The van der Waals surface area contributed by atoms with Crippen molar-refractivity contribution in [2.45, 2.75) is 18.4 Å². The van der Waals surface area contributed by atoms with Gasteiger partial charge in [-0.2, -0.15) is 0 Å². The number of pyridine rings is 1. The zero-order valence-electron chi connectivity index (χ0n) is 14.7. The molecular weight excluding hydrogens is 318 g/mol. The first-order valence-corrected chi connectivity index (χ1v) is 8.84. The van der Waals surface area contributed by atoms with E-state index in [0.717, 1.165) is 22.2 Å². The number of hydrogen-bond donors (Lipinski definition) is 1. The van der Waals surface area contributed by atoms with Gasteiger partial charge in [0, 0.05) is 6.20 Å². The van der Waals surface area contributed by atoms with Gasteiger partial charge in [0.15, 0.2) is 0 Å². The normalized spacial score (nSPS) is 14.7. The van der Waals surface area contributed by atoms with Crippen LogP contribution in [0, 0.1) is 0 Å². The molecule has 4 aromatic rings. The molecule has 4 rings (SSSR count). The van der Waals surface area contributed by atoms with E-state index in [4.69, 9.17) is 0 Å². The van der Waals surface area contributed by atoms with E-state index in [1.54, 1.807) is 6.20 Å². The van der Waals surface area contributed by atoms with Crippen molar-refractivity contribution in [2.75, 3.05) is 0 Å². The van der Waals surface area contributed by atoms with E-state index in [1.165, 1.54) is 5.39 Å². The highest BCUT2D eigenvalue weighted by atomic mass is 16.3. The summed E-state index contributed by atoms with van der Waals surface area (Å²) in [5.74, 6) is -0.258. The largest absolute Gasteiger partial charge is 0.384 e. The average molecular weight is 339 g/mol. The van der Waals surface area contributed by atoms with Crippen LogP contribution in [0.4, 0.5) is 0 Å². The average Bonchev–Trinajstić information content (AvgIpc) is 2.69. The summed E-state index contributed by atoms with van der Waals surface area (Å²) in [6.45, 7) is 1.88. The lowest BCUT2D eigenvalue weighted by Gasteiger charge is -2.34. The minimum atomic E-state index is -1.10. The standard InChI is InChI=1S/C24H21NO/c1-24(26,21-15-14-18-9-5-6-12-20(18)17-21)23(19-10-3-2-4-11-19)22-13-7-8-16-25-22/h2-17,23,26H,1H3/t23-,24+/m1/s1. The Hall–Kier alpha value is -2.97. The molecule has 0 aliphatic rings. The summed E-state index contributed by atoms with van der Waals surface area (Å²) in [7, 11) is 0. The number of hydrogen-bond acceptors (Lipinski definition) is 2. The van der Waals surface area contributed by atoms with Crippen molar-refractivity contribution in [1.29, 1.82) is 0 Å². The quantitative estimate of drug-likeness (QED) is 0.549. The van der Waals surface area contributed by atoms with E-state index in [0.29, 0.717) is 0 Å². The van der Waals surface area contributed by atoms with Gasteiger partial charge in [-0.3, -0.25) is 4.98 Å². The molecule has 0 saturated carbocycles. The van der Waals surface area contributed by atoms with Gasteiger partial charge >= 0.3 is 0 Å². The molecule has 3 aromatic carbocycles. The Balaban J connectivity index is 1.87.